The Labute approximate surface area is 129 Å². The molecule has 3 aromatic rings. The summed E-state index contributed by atoms with van der Waals surface area (Å²) in [6, 6.07) is 5.10. The molecular weight excluding hydrogens is 309 g/mol. The number of halogens is 3. The Morgan fingerprint density at radius 3 is 2.78 bits per heavy atom. The van der Waals surface area contributed by atoms with E-state index in [0.717, 1.165) is 12.1 Å². The standard InChI is InChI=1S/C14H13F3N6/c1-23-12-10(7-20-23)11(21-13(18)22-12)19-6-8-3-2-4-9(5-8)14(15,16)17/h2-5,7H,6H2,1H3,(H3,18,19,21,22). The molecular formula is C14H13F3N6. The maximum Gasteiger partial charge on any atom is 0.416 e. The first-order valence-electron chi connectivity index (χ1n) is 6.70. The molecule has 0 radical (unpaired) electrons. The molecule has 120 valence electrons. The zero-order chi connectivity index (χ0) is 16.6. The van der Waals surface area contributed by atoms with Crippen molar-refractivity contribution >= 4 is 22.8 Å². The van der Waals surface area contributed by atoms with Crippen LogP contribution >= 0.6 is 0 Å². The zero-order valence-electron chi connectivity index (χ0n) is 12.1. The summed E-state index contributed by atoms with van der Waals surface area (Å²) >= 11 is 0. The third-order valence-corrected chi connectivity index (χ3v) is 3.32. The summed E-state index contributed by atoms with van der Waals surface area (Å²) in [6.45, 7) is 0.171. The van der Waals surface area contributed by atoms with Crippen LogP contribution < -0.4 is 11.1 Å². The van der Waals surface area contributed by atoms with Gasteiger partial charge >= 0.3 is 6.18 Å². The van der Waals surface area contributed by atoms with Crippen molar-refractivity contribution in [2.75, 3.05) is 11.1 Å². The summed E-state index contributed by atoms with van der Waals surface area (Å²) in [5, 5.41) is 7.70. The number of alkyl halides is 3. The van der Waals surface area contributed by atoms with E-state index in [9.17, 15) is 13.2 Å². The molecule has 9 heteroatoms. The Kier molecular flexibility index (Phi) is 3.55. The Hall–Kier alpha value is -2.84. The first-order valence-corrected chi connectivity index (χ1v) is 6.70. The maximum absolute atomic E-state index is 12.7. The Balaban J connectivity index is 1.87. The summed E-state index contributed by atoms with van der Waals surface area (Å²) in [4.78, 5) is 8.16. The minimum Gasteiger partial charge on any atom is -0.368 e. The van der Waals surface area contributed by atoms with E-state index >= 15 is 0 Å². The average Bonchev–Trinajstić information content (AvgIpc) is 2.86. The number of anilines is 2. The van der Waals surface area contributed by atoms with Crippen molar-refractivity contribution in [3.05, 3.63) is 41.6 Å². The molecule has 23 heavy (non-hydrogen) atoms. The van der Waals surface area contributed by atoms with Crippen LogP contribution in [0.3, 0.4) is 0 Å². The van der Waals surface area contributed by atoms with Gasteiger partial charge in [0.25, 0.3) is 0 Å². The van der Waals surface area contributed by atoms with E-state index in [1.165, 1.54) is 6.07 Å². The molecule has 0 fully saturated rings. The first-order chi connectivity index (χ1) is 10.8. The van der Waals surface area contributed by atoms with Crippen LogP contribution in [0.1, 0.15) is 11.1 Å². The van der Waals surface area contributed by atoms with Crippen molar-refractivity contribution < 1.29 is 13.2 Å². The second-order valence-corrected chi connectivity index (χ2v) is 4.99. The van der Waals surface area contributed by atoms with E-state index in [4.69, 9.17) is 5.73 Å². The average molecular weight is 322 g/mol. The van der Waals surface area contributed by atoms with Crippen molar-refractivity contribution in [2.24, 2.45) is 7.05 Å². The molecule has 0 aliphatic carbocycles. The minimum absolute atomic E-state index is 0.0626. The van der Waals surface area contributed by atoms with Crippen LogP contribution in [-0.4, -0.2) is 19.7 Å². The smallest absolute Gasteiger partial charge is 0.368 e. The van der Waals surface area contributed by atoms with Gasteiger partial charge in [-0.1, -0.05) is 12.1 Å². The molecule has 0 bridgehead atoms. The van der Waals surface area contributed by atoms with E-state index in [-0.39, 0.29) is 12.5 Å². The van der Waals surface area contributed by atoms with Gasteiger partial charge < -0.3 is 11.1 Å². The largest absolute Gasteiger partial charge is 0.416 e. The fourth-order valence-corrected chi connectivity index (χ4v) is 2.22. The van der Waals surface area contributed by atoms with E-state index in [1.807, 2.05) is 0 Å². The Morgan fingerprint density at radius 1 is 1.26 bits per heavy atom. The molecule has 0 saturated carbocycles. The minimum atomic E-state index is -4.37. The van der Waals surface area contributed by atoms with Gasteiger partial charge in [-0.25, -0.2) is 0 Å². The van der Waals surface area contributed by atoms with Crippen LogP contribution in [0.5, 0.6) is 0 Å². The van der Waals surface area contributed by atoms with Crippen molar-refractivity contribution in [1.82, 2.24) is 19.7 Å². The van der Waals surface area contributed by atoms with Crippen molar-refractivity contribution in [2.45, 2.75) is 12.7 Å². The molecule has 6 nitrogen and oxygen atoms in total. The highest BCUT2D eigenvalue weighted by Gasteiger charge is 2.30. The molecule has 0 unspecified atom stereocenters. The number of hydrogen-bond donors (Lipinski definition) is 2. The molecule has 0 spiro atoms. The number of nitrogens with one attached hydrogen (secondary N) is 1. The summed E-state index contributed by atoms with van der Waals surface area (Å²) in [5.74, 6) is 0.491. The number of nitrogens with zero attached hydrogens (tertiary/aromatic N) is 4. The Bertz CT molecular complexity index is 855. The van der Waals surface area contributed by atoms with E-state index < -0.39 is 11.7 Å². The molecule has 3 rings (SSSR count). The van der Waals surface area contributed by atoms with Crippen molar-refractivity contribution in [3.63, 3.8) is 0 Å². The van der Waals surface area contributed by atoms with Gasteiger partial charge in [0.05, 0.1) is 17.1 Å². The van der Waals surface area contributed by atoms with E-state index in [1.54, 1.807) is 24.0 Å². The number of benzene rings is 1. The van der Waals surface area contributed by atoms with Crippen molar-refractivity contribution in [1.29, 1.82) is 0 Å². The second kappa shape index (κ2) is 5.41. The number of aromatic nitrogens is 4. The molecule has 1 aromatic carbocycles. The molecule has 2 aromatic heterocycles. The van der Waals surface area contributed by atoms with Crippen LogP contribution in [0.2, 0.25) is 0 Å². The predicted molar refractivity (Wildman–Crippen MR) is 79.5 cm³/mol. The topological polar surface area (TPSA) is 81.7 Å². The first kappa shape index (κ1) is 15.1. The number of fused-ring (bicyclic) bond motifs is 1. The number of nitrogen functional groups attached to an aromatic ring is 1. The predicted octanol–water partition coefficient (Wildman–Crippen LogP) is 2.58. The number of nitrogens with two attached hydrogens (primary N) is 1. The second-order valence-electron chi connectivity index (χ2n) is 4.99. The number of hydrogen-bond acceptors (Lipinski definition) is 5. The lowest BCUT2D eigenvalue weighted by Gasteiger charge is -2.10. The van der Waals surface area contributed by atoms with Crippen molar-refractivity contribution in [3.8, 4) is 0 Å². The van der Waals surface area contributed by atoms with E-state index in [0.29, 0.717) is 22.4 Å². The normalized spacial score (nSPS) is 11.8. The lowest BCUT2D eigenvalue weighted by molar-refractivity contribution is -0.137. The Morgan fingerprint density at radius 2 is 2.04 bits per heavy atom. The van der Waals surface area contributed by atoms with Gasteiger partial charge in [0.2, 0.25) is 5.95 Å². The van der Waals surface area contributed by atoms with Gasteiger partial charge in [-0.05, 0) is 17.7 Å². The summed E-state index contributed by atoms with van der Waals surface area (Å²) in [6.07, 6.45) is -2.80. The molecule has 2 heterocycles. The number of aryl methyl sites for hydroxylation is 1. The lowest BCUT2D eigenvalue weighted by Crippen LogP contribution is -2.08. The van der Waals surface area contributed by atoms with E-state index in [2.05, 4.69) is 20.4 Å². The molecule has 0 atom stereocenters. The van der Waals surface area contributed by atoms with Gasteiger partial charge in [-0.3, -0.25) is 4.68 Å². The van der Waals surface area contributed by atoms with Gasteiger partial charge in [0, 0.05) is 13.6 Å². The molecule has 0 amide bonds. The van der Waals surface area contributed by atoms with Crippen LogP contribution in [-0.2, 0) is 19.8 Å². The monoisotopic (exact) mass is 322 g/mol. The highest BCUT2D eigenvalue weighted by Crippen LogP contribution is 2.29. The van der Waals surface area contributed by atoms with Gasteiger partial charge in [-0.15, -0.1) is 0 Å². The highest BCUT2D eigenvalue weighted by molar-refractivity contribution is 5.87. The zero-order valence-corrected chi connectivity index (χ0v) is 12.1. The molecule has 0 aliphatic rings. The third kappa shape index (κ3) is 3.03. The summed E-state index contributed by atoms with van der Waals surface area (Å²) < 4.78 is 39.7. The fraction of sp³-hybridized carbons (Fsp3) is 0.214. The van der Waals surface area contributed by atoms with Gasteiger partial charge in [0.15, 0.2) is 5.65 Å². The molecule has 0 saturated heterocycles. The van der Waals surface area contributed by atoms with Crippen LogP contribution in [0.4, 0.5) is 24.9 Å². The number of rotatable bonds is 3. The third-order valence-electron chi connectivity index (χ3n) is 3.32. The molecule has 0 aliphatic heterocycles. The van der Waals surface area contributed by atoms with Crippen LogP contribution in [0, 0.1) is 0 Å². The fourth-order valence-electron chi connectivity index (χ4n) is 2.22. The SMILES string of the molecule is Cn1ncc2c(NCc3cccc(C(F)(F)F)c3)nc(N)nc21. The van der Waals surface area contributed by atoms with Crippen LogP contribution in [0.25, 0.3) is 11.0 Å². The molecule has 3 N–H and O–H groups in total. The van der Waals surface area contributed by atoms with Gasteiger partial charge in [0.1, 0.15) is 5.82 Å². The lowest BCUT2D eigenvalue weighted by atomic mass is 10.1. The quantitative estimate of drug-likeness (QED) is 0.774. The highest BCUT2D eigenvalue weighted by atomic mass is 19.4. The van der Waals surface area contributed by atoms with Gasteiger partial charge in [-0.2, -0.15) is 28.2 Å². The summed E-state index contributed by atoms with van der Waals surface area (Å²) in [7, 11) is 1.71. The van der Waals surface area contributed by atoms with Crippen LogP contribution in [0.15, 0.2) is 30.5 Å². The maximum atomic E-state index is 12.7. The summed E-state index contributed by atoms with van der Waals surface area (Å²) in [5.41, 5.74) is 5.99.